The van der Waals surface area contributed by atoms with Gasteiger partial charge in [0.2, 0.25) is 47.3 Å². The number of aromatic amines is 1. The number of phenols is 1. The molecule has 0 fully saturated rings. The van der Waals surface area contributed by atoms with Gasteiger partial charge in [-0.2, -0.15) is 0 Å². The Morgan fingerprint density at radius 1 is 0.629 bits per heavy atom. The van der Waals surface area contributed by atoms with E-state index in [4.69, 9.17) is 22.9 Å². The minimum absolute atomic E-state index is 0.0125. The molecule has 27 heteroatoms. The smallest absolute Gasteiger partial charge is 0.326 e. The van der Waals surface area contributed by atoms with E-state index >= 15 is 0 Å². The van der Waals surface area contributed by atoms with Crippen LogP contribution in [0, 0.1) is 0 Å². The van der Waals surface area contributed by atoms with Crippen LogP contribution in [0.4, 0.5) is 0 Å². The zero-order valence-corrected chi connectivity index (χ0v) is 37.8. The Morgan fingerprint density at radius 3 is 1.74 bits per heavy atom. The maximum Gasteiger partial charge on any atom is 0.326 e. The summed E-state index contributed by atoms with van der Waals surface area (Å²) >= 11 is 0. The summed E-state index contributed by atoms with van der Waals surface area (Å²) in [6, 6.07) is 3.75. The van der Waals surface area contributed by atoms with Crippen LogP contribution in [0.15, 0.2) is 59.7 Å². The summed E-state index contributed by atoms with van der Waals surface area (Å²) in [4.78, 5) is 135. The molecule has 70 heavy (non-hydrogen) atoms. The number of guanidine groups is 1. The molecule has 0 unspecified atom stereocenters. The number of nitrogens with two attached hydrogens (primary N) is 4. The van der Waals surface area contributed by atoms with Crippen molar-refractivity contribution in [3.8, 4) is 5.75 Å². The summed E-state index contributed by atoms with van der Waals surface area (Å²) in [6.45, 7) is -2.26. The number of aliphatic hydroxyl groups excluding tert-OH is 1. The number of aromatic nitrogens is 1. The Morgan fingerprint density at radius 2 is 1.17 bits per heavy atom. The molecular formula is C43H59N13O14. The number of aliphatic imine (C=N–C) groups is 1. The maximum absolute atomic E-state index is 13.5. The molecule has 27 nitrogen and oxygen atoms in total. The molecule has 1 heterocycles. The van der Waals surface area contributed by atoms with Crippen LogP contribution >= 0.6 is 0 Å². The van der Waals surface area contributed by atoms with E-state index < -0.39 is 141 Å². The van der Waals surface area contributed by atoms with Crippen molar-refractivity contribution in [3.05, 3.63) is 65.9 Å². The number of fused-ring (bicyclic) bond motifs is 1. The number of carbonyl (C=O) groups is 10. The average Bonchev–Trinajstić information content (AvgIpc) is 3.72. The molecule has 0 aliphatic carbocycles. The lowest BCUT2D eigenvalue weighted by Crippen LogP contribution is -2.57. The molecule has 0 aliphatic rings. The van der Waals surface area contributed by atoms with Gasteiger partial charge in [-0.05, 0) is 55.0 Å². The number of nitrogens with zero attached hydrogens (tertiary/aromatic N) is 1. The third-order valence-corrected chi connectivity index (χ3v) is 10.3. The summed E-state index contributed by atoms with van der Waals surface area (Å²) in [5.74, 6) is -10.8. The van der Waals surface area contributed by atoms with E-state index in [2.05, 4.69) is 47.2 Å². The third kappa shape index (κ3) is 19.5. The second-order valence-corrected chi connectivity index (χ2v) is 15.8. The quantitative estimate of drug-likeness (QED) is 0.0169. The molecule has 0 saturated heterocycles. The van der Waals surface area contributed by atoms with Gasteiger partial charge in [0.25, 0.3) is 0 Å². The van der Waals surface area contributed by atoms with Gasteiger partial charge >= 0.3 is 11.9 Å². The normalized spacial score (nSPS) is 13.4. The highest BCUT2D eigenvalue weighted by atomic mass is 16.4. The van der Waals surface area contributed by atoms with Gasteiger partial charge in [-0.15, -0.1) is 0 Å². The van der Waals surface area contributed by atoms with Crippen molar-refractivity contribution in [2.45, 2.75) is 87.6 Å². The summed E-state index contributed by atoms with van der Waals surface area (Å²) in [6.07, 6.45) is -0.787. The van der Waals surface area contributed by atoms with Crippen molar-refractivity contribution in [3.63, 3.8) is 0 Å². The number of rotatable bonds is 30. The number of carboxylic acids is 2. The number of aromatic hydroxyl groups is 1. The topological polar surface area (TPSA) is 468 Å². The van der Waals surface area contributed by atoms with Crippen LogP contribution in [0.2, 0.25) is 0 Å². The largest absolute Gasteiger partial charge is 0.508 e. The van der Waals surface area contributed by atoms with Crippen LogP contribution < -0.4 is 60.2 Å². The fourth-order valence-corrected chi connectivity index (χ4v) is 6.64. The predicted molar refractivity (Wildman–Crippen MR) is 247 cm³/mol. The van der Waals surface area contributed by atoms with Crippen molar-refractivity contribution in [1.82, 2.24) is 42.2 Å². The second kappa shape index (κ2) is 28.1. The van der Waals surface area contributed by atoms with E-state index in [1.165, 1.54) is 24.3 Å². The van der Waals surface area contributed by atoms with Crippen molar-refractivity contribution in [2.75, 3.05) is 26.2 Å². The molecule has 2 aromatic carbocycles. The fourth-order valence-electron chi connectivity index (χ4n) is 6.64. The fraction of sp³-hybridized carbons (Fsp3) is 0.419. The summed E-state index contributed by atoms with van der Waals surface area (Å²) < 4.78 is 0. The van der Waals surface area contributed by atoms with Crippen LogP contribution in [0.1, 0.15) is 49.7 Å². The first-order valence-corrected chi connectivity index (χ1v) is 21.7. The Bertz CT molecular complexity index is 2370. The lowest BCUT2D eigenvalue weighted by atomic mass is 10.0. The molecule has 6 atom stereocenters. The highest BCUT2D eigenvalue weighted by molar-refractivity contribution is 5.97. The number of hydrogen-bond donors (Lipinski definition) is 16. The number of carboxylic acid groups (broad SMARTS) is 2. The number of phenolic OH excluding ortho intramolecular Hbond substituents is 1. The molecule has 0 radical (unpaired) electrons. The van der Waals surface area contributed by atoms with Crippen LogP contribution in [0.3, 0.4) is 0 Å². The lowest BCUT2D eigenvalue weighted by molar-refractivity contribution is -0.142. The Kier molecular flexibility index (Phi) is 22.5. The number of nitrogens with one attached hydrogen (secondary N) is 8. The number of aliphatic hydroxyl groups is 1. The SMILES string of the molecule is NC(=O)CC[C@H](NC(=O)[C@H](CCC(=O)O)NC(=O)CNC(=O)[C@H](CCCN=C(N)N)NC(=O)CNC(=O)[C@H](Cc1c[nH]c2ccccc12)NC(=O)[C@@H](N)CO)C(=O)N[C@@H](Cc1ccc(O)cc1)C(=O)O. The monoisotopic (exact) mass is 981 g/mol. The van der Waals surface area contributed by atoms with Crippen LogP contribution in [-0.4, -0.2) is 153 Å². The van der Waals surface area contributed by atoms with E-state index in [0.29, 0.717) is 11.1 Å². The highest BCUT2D eigenvalue weighted by Gasteiger charge is 2.31. The zero-order chi connectivity index (χ0) is 51.9. The van der Waals surface area contributed by atoms with E-state index in [1.54, 1.807) is 30.5 Å². The highest BCUT2D eigenvalue weighted by Crippen LogP contribution is 2.19. The maximum atomic E-state index is 13.5. The molecule has 8 amide bonds. The van der Waals surface area contributed by atoms with E-state index in [9.17, 15) is 68.4 Å². The van der Waals surface area contributed by atoms with Crippen molar-refractivity contribution in [1.29, 1.82) is 0 Å². The second-order valence-electron chi connectivity index (χ2n) is 15.8. The van der Waals surface area contributed by atoms with E-state index in [0.717, 1.165) is 10.9 Å². The first kappa shape index (κ1) is 56.0. The van der Waals surface area contributed by atoms with E-state index in [-0.39, 0.29) is 43.9 Å². The number of carbonyl (C=O) groups excluding carboxylic acids is 8. The van der Waals surface area contributed by atoms with Gasteiger partial charge in [-0.1, -0.05) is 30.3 Å². The molecule has 0 saturated carbocycles. The summed E-state index contributed by atoms with van der Waals surface area (Å²) in [7, 11) is 0. The third-order valence-electron chi connectivity index (χ3n) is 10.3. The molecule has 0 aliphatic heterocycles. The van der Waals surface area contributed by atoms with Gasteiger partial charge in [0.1, 0.15) is 42.0 Å². The van der Waals surface area contributed by atoms with Crippen LogP contribution in [-0.2, 0) is 60.8 Å². The Balaban J connectivity index is 1.71. The predicted octanol–water partition coefficient (Wildman–Crippen LogP) is -5.10. The van der Waals surface area contributed by atoms with Gasteiger partial charge in [-0.25, -0.2) is 4.79 Å². The number of para-hydroxylation sites is 1. The molecule has 0 bridgehead atoms. The Hall–Kier alpha value is -8.33. The van der Waals surface area contributed by atoms with Crippen molar-refractivity contribution >= 4 is 76.1 Å². The first-order valence-electron chi connectivity index (χ1n) is 21.7. The minimum Gasteiger partial charge on any atom is -0.508 e. The molecule has 3 rings (SSSR count). The number of H-pyrrole nitrogens is 1. The zero-order valence-electron chi connectivity index (χ0n) is 37.8. The van der Waals surface area contributed by atoms with Crippen LogP contribution in [0.25, 0.3) is 10.9 Å². The molecule has 20 N–H and O–H groups in total. The molecule has 1 aromatic heterocycles. The van der Waals surface area contributed by atoms with Gasteiger partial charge in [0, 0.05) is 49.3 Å². The molecule has 0 spiro atoms. The van der Waals surface area contributed by atoms with E-state index in [1.807, 2.05) is 0 Å². The van der Waals surface area contributed by atoms with Crippen LogP contribution in [0.5, 0.6) is 5.75 Å². The number of amides is 8. The lowest BCUT2D eigenvalue weighted by Gasteiger charge is -2.24. The summed E-state index contributed by atoms with van der Waals surface area (Å²) in [5, 5.41) is 55.3. The standard InChI is InChI=1S/C43H59N13O14/c44-26(21-57)37(64)55-31(17-23-18-49-27-5-2-1-4-25(23)27)39(66)51-20-34(60)52-28(6-3-15-48-43(46)47)38(65)50-19-35(61)53-29(12-14-36(62)63)40(67)54-30(11-13-33(45)59)41(68)56-32(42(69)70)16-22-7-9-24(58)10-8-22/h1-2,4-5,7-10,18,26,28-32,49,57-58H,3,6,11-17,19-21,44H2,(H2,45,59)(H,50,65)(H,51,66)(H,52,60)(H,53,61)(H,54,67)(H,55,64)(H,56,68)(H,62,63)(H,69,70)(H4,46,47,48)/t26-,28-,29-,30-,31-,32-/m0/s1. The van der Waals surface area contributed by atoms with Crippen molar-refractivity contribution in [2.24, 2.45) is 27.9 Å². The number of hydrogen-bond acceptors (Lipinski definition) is 14. The first-order chi connectivity index (χ1) is 33.2. The average molecular weight is 982 g/mol. The van der Waals surface area contributed by atoms with Crippen molar-refractivity contribution < 1.29 is 68.4 Å². The Labute approximate surface area is 399 Å². The van der Waals surface area contributed by atoms with Gasteiger partial charge in [-0.3, -0.25) is 48.1 Å². The minimum atomic E-state index is -1.67. The molecule has 380 valence electrons. The van der Waals surface area contributed by atoms with Gasteiger partial charge in [0.05, 0.1) is 19.7 Å². The number of benzene rings is 2. The van der Waals surface area contributed by atoms with Gasteiger partial charge < -0.3 is 85.6 Å². The summed E-state index contributed by atoms with van der Waals surface area (Å²) in [5.41, 5.74) is 23.5. The van der Waals surface area contributed by atoms with Gasteiger partial charge in [0.15, 0.2) is 5.96 Å². The number of primary amides is 1. The molecular weight excluding hydrogens is 923 g/mol. The molecule has 3 aromatic rings. The number of aliphatic carboxylic acids is 2.